The van der Waals surface area contributed by atoms with Crippen LogP contribution < -0.4 is 5.73 Å². The minimum Gasteiger partial charge on any atom is -0.384 e. The van der Waals surface area contributed by atoms with Crippen molar-refractivity contribution in [3.8, 4) is 11.3 Å². The Bertz CT molecular complexity index is 445. The summed E-state index contributed by atoms with van der Waals surface area (Å²) < 4.78 is 1.88. The van der Waals surface area contributed by atoms with Crippen LogP contribution in [0.3, 0.4) is 0 Å². The van der Waals surface area contributed by atoms with Gasteiger partial charge in [-0.2, -0.15) is 5.10 Å². The van der Waals surface area contributed by atoms with Gasteiger partial charge < -0.3 is 5.73 Å². The first-order chi connectivity index (χ1) is 7.81. The van der Waals surface area contributed by atoms with Gasteiger partial charge >= 0.3 is 0 Å². The van der Waals surface area contributed by atoms with Crippen LogP contribution in [0.2, 0.25) is 0 Å². The lowest BCUT2D eigenvalue weighted by Gasteiger charge is -2.01. The van der Waals surface area contributed by atoms with Gasteiger partial charge in [0.1, 0.15) is 5.82 Å². The predicted molar refractivity (Wildman–Crippen MR) is 67.0 cm³/mol. The second kappa shape index (κ2) is 4.84. The first kappa shape index (κ1) is 10.7. The Morgan fingerprint density at radius 2 is 2.00 bits per heavy atom. The van der Waals surface area contributed by atoms with E-state index in [-0.39, 0.29) is 0 Å². The molecular formula is C13H17N3. The first-order valence-corrected chi connectivity index (χ1v) is 5.70. The molecule has 0 unspecified atom stereocenters. The maximum Gasteiger partial charge on any atom is 0.122 e. The van der Waals surface area contributed by atoms with Crippen molar-refractivity contribution >= 4 is 5.82 Å². The summed E-state index contributed by atoms with van der Waals surface area (Å²) in [5.74, 6) is 0.743. The fourth-order valence-corrected chi connectivity index (χ4v) is 1.67. The molecule has 3 nitrogen and oxygen atoms in total. The molecule has 1 heterocycles. The zero-order chi connectivity index (χ0) is 11.4. The third-order valence-electron chi connectivity index (χ3n) is 2.60. The molecule has 0 radical (unpaired) electrons. The first-order valence-electron chi connectivity index (χ1n) is 5.70. The third kappa shape index (κ3) is 2.24. The largest absolute Gasteiger partial charge is 0.384 e. The normalized spacial score (nSPS) is 10.6. The number of hydrogen-bond acceptors (Lipinski definition) is 2. The number of aryl methyl sites for hydroxylation is 1. The van der Waals surface area contributed by atoms with Crippen molar-refractivity contribution in [2.75, 3.05) is 5.73 Å². The zero-order valence-corrected chi connectivity index (χ0v) is 9.56. The van der Waals surface area contributed by atoms with Crippen molar-refractivity contribution in [2.24, 2.45) is 0 Å². The van der Waals surface area contributed by atoms with Crippen molar-refractivity contribution in [3.05, 3.63) is 36.4 Å². The van der Waals surface area contributed by atoms with Crippen LogP contribution in [0.4, 0.5) is 5.82 Å². The van der Waals surface area contributed by atoms with Crippen molar-refractivity contribution in [1.82, 2.24) is 9.78 Å². The molecule has 0 saturated carbocycles. The molecule has 0 spiro atoms. The zero-order valence-electron chi connectivity index (χ0n) is 9.56. The van der Waals surface area contributed by atoms with Crippen LogP contribution >= 0.6 is 0 Å². The fraction of sp³-hybridized carbons (Fsp3) is 0.308. The molecule has 0 atom stereocenters. The highest BCUT2D eigenvalue weighted by molar-refractivity contribution is 5.61. The molecule has 16 heavy (non-hydrogen) atoms. The molecule has 0 amide bonds. The second-order valence-electron chi connectivity index (χ2n) is 3.90. The van der Waals surface area contributed by atoms with Gasteiger partial charge in [0.2, 0.25) is 0 Å². The van der Waals surface area contributed by atoms with Crippen molar-refractivity contribution < 1.29 is 0 Å². The number of nitrogen functional groups attached to an aromatic ring is 1. The number of aromatic nitrogens is 2. The van der Waals surface area contributed by atoms with E-state index in [2.05, 4.69) is 12.0 Å². The molecule has 3 heteroatoms. The minimum absolute atomic E-state index is 0.743. The minimum atomic E-state index is 0.743. The monoisotopic (exact) mass is 215 g/mol. The van der Waals surface area contributed by atoms with Gasteiger partial charge in [-0.15, -0.1) is 0 Å². The number of benzene rings is 1. The maximum atomic E-state index is 5.92. The molecule has 0 fully saturated rings. The van der Waals surface area contributed by atoms with E-state index in [0.717, 1.165) is 36.5 Å². The molecule has 1 aromatic heterocycles. The Morgan fingerprint density at radius 3 is 2.69 bits per heavy atom. The van der Waals surface area contributed by atoms with E-state index in [1.54, 1.807) is 0 Å². The van der Waals surface area contributed by atoms with Crippen LogP contribution in [0.15, 0.2) is 36.4 Å². The highest BCUT2D eigenvalue weighted by Crippen LogP contribution is 2.20. The summed E-state index contributed by atoms with van der Waals surface area (Å²) in [5, 5.41) is 4.51. The smallest absolute Gasteiger partial charge is 0.122 e. The Hall–Kier alpha value is -1.77. The van der Waals surface area contributed by atoms with Crippen LogP contribution in [0.1, 0.15) is 19.8 Å². The van der Waals surface area contributed by atoms with E-state index in [0.29, 0.717) is 0 Å². The Kier molecular flexibility index (Phi) is 3.25. The van der Waals surface area contributed by atoms with Gasteiger partial charge in [-0.1, -0.05) is 43.7 Å². The van der Waals surface area contributed by atoms with E-state index >= 15 is 0 Å². The lowest BCUT2D eigenvalue weighted by atomic mass is 10.2. The Labute approximate surface area is 95.9 Å². The van der Waals surface area contributed by atoms with Gasteiger partial charge in [0.05, 0.1) is 5.69 Å². The van der Waals surface area contributed by atoms with Crippen LogP contribution in [0.25, 0.3) is 11.3 Å². The molecule has 84 valence electrons. The summed E-state index contributed by atoms with van der Waals surface area (Å²) in [6.07, 6.45) is 2.26. The highest BCUT2D eigenvalue weighted by atomic mass is 15.3. The molecule has 2 N–H and O–H groups in total. The third-order valence-corrected chi connectivity index (χ3v) is 2.60. The number of nitrogens with zero attached hydrogens (tertiary/aromatic N) is 2. The van der Waals surface area contributed by atoms with E-state index in [1.165, 1.54) is 0 Å². The van der Waals surface area contributed by atoms with Crippen molar-refractivity contribution in [1.29, 1.82) is 0 Å². The van der Waals surface area contributed by atoms with Gasteiger partial charge in [0, 0.05) is 18.2 Å². The molecule has 0 aliphatic carbocycles. The summed E-state index contributed by atoms with van der Waals surface area (Å²) in [6, 6.07) is 12.1. The van der Waals surface area contributed by atoms with E-state index in [1.807, 2.05) is 41.1 Å². The van der Waals surface area contributed by atoms with E-state index in [4.69, 9.17) is 5.73 Å². The van der Waals surface area contributed by atoms with Gasteiger partial charge in [0.15, 0.2) is 0 Å². The molecule has 0 aliphatic rings. The summed E-state index contributed by atoms with van der Waals surface area (Å²) in [4.78, 5) is 0. The standard InChI is InChI=1S/C13H17N3/c1-2-3-9-16-13(14)10-12(15-16)11-7-5-4-6-8-11/h4-8,10H,2-3,9,14H2,1H3. The highest BCUT2D eigenvalue weighted by Gasteiger charge is 2.05. The molecule has 0 aliphatic heterocycles. The molecule has 1 aromatic carbocycles. The maximum absolute atomic E-state index is 5.92. The Balaban J connectivity index is 2.24. The Morgan fingerprint density at radius 1 is 1.25 bits per heavy atom. The summed E-state index contributed by atoms with van der Waals surface area (Å²) in [7, 11) is 0. The molecule has 0 bridgehead atoms. The number of unbranched alkanes of at least 4 members (excludes halogenated alkanes) is 1. The van der Waals surface area contributed by atoms with Crippen LogP contribution in [0, 0.1) is 0 Å². The summed E-state index contributed by atoms with van der Waals surface area (Å²) in [6.45, 7) is 3.06. The van der Waals surface area contributed by atoms with Crippen molar-refractivity contribution in [3.63, 3.8) is 0 Å². The topological polar surface area (TPSA) is 43.8 Å². The van der Waals surface area contributed by atoms with E-state index < -0.39 is 0 Å². The van der Waals surface area contributed by atoms with Crippen LogP contribution in [-0.2, 0) is 6.54 Å². The van der Waals surface area contributed by atoms with E-state index in [9.17, 15) is 0 Å². The lowest BCUT2D eigenvalue weighted by Crippen LogP contribution is -2.04. The molecular weight excluding hydrogens is 198 g/mol. The average molecular weight is 215 g/mol. The lowest BCUT2D eigenvalue weighted by molar-refractivity contribution is 0.580. The SMILES string of the molecule is CCCCn1nc(-c2ccccc2)cc1N. The number of nitrogens with two attached hydrogens (primary N) is 1. The van der Waals surface area contributed by atoms with Crippen LogP contribution in [0.5, 0.6) is 0 Å². The summed E-state index contributed by atoms with van der Waals surface area (Å²) in [5.41, 5.74) is 7.99. The van der Waals surface area contributed by atoms with Gasteiger partial charge in [-0.3, -0.25) is 0 Å². The molecule has 2 aromatic rings. The molecule has 0 saturated heterocycles. The van der Waals surface area contributed by atoms with Crippen LogP contribution in [-0.4, -0.2) is 9.78 Å². The van der Waals surface area contributed by atoms with Gasteiger partial charge in [-0.05, 0) is 6.42 Å². The quantitative estimate of drug-likeness (QED) is 0.852. The van der Waals surface area contributed by atoms with Gasteiger partial charge in [-0.25, -0.2) is 4.68 Å². The van der Waals surface area contributed by atoms with Crippen molar-refractivity contribution in [2.45, 2.75) is 26.3 Å². The van der Waals surface area contributed by atoms with Gasteiger partial charge in [0.25, 0.3) is 0 Å². The fourth-order valence-electron chi connectivity index (χ4n) is 1.67. The number of hydrogen-bond donors (Lipinski definition) is 1. The average Bonchev–Trinajstić information content (AvgIpc) is 2.69. The number of rotatable bonds is 4. The predicted octanol–water partition coefficient (Wildman–Crippen LogP) is 2.93. The second-order valence-corrected chi connectivity index (χ2v) is 3.90. The number of anilines is 1. The summed E-state index contributed by atoms with van der Waals surface area (Å²) >= 11 is 0. The molecule has 2 rings (SSSR count).